The Balaban J connectivity index is 2.03. The zero-order valence-electron chi connectivity index (χ0n) is 21.3. The van der Waals surface area contributed by atoms with Crippen LogP contribution in [0.1, 0.15) is 46.0 Å². The Morgan fingerprint density at radius 1 is 1.29 bits per heavy atom. The van der Waals surface area contributed by atoms with E-state index in [0.717, 1.165) is 68.8 Å². The first-order valence-electron chi connectivity index (χ1n) is 12.6. The first-order chi connectivity index (χ1) is 16.4. The minimum Gasteiger partial charge on any atom is -0.379 e. The van der Waals surface area contributed by atoms with Crippen molar-refractivity contribution >= 4 is 5.91 Å². The number of rotatable bonds is 13. The standard InChI is InChI=1S/C30H42N2O2/c1-7-9-26(10-8-2)12-13-27(23(3)4)14-16-28-24(5)11-15-29(25(28)6)30(33)31-17-18-32-19-21-34-22-20-32/h7,11,14-16,26H,1,3,5-6,8-10,12-13,17-22H2,2,4H3/p+1/b27-14-,28-16+. The molecule has 0 spiro atoms. The number of nitrogens with one attached hydrogen (secondary N) is 1. The van der Waals surface area contributed by atoms with Crippen molar-refractivity contribution in [1.82, 2.24) is 10.2 Å². The van der Waals surface area contributed by atoms with Gasteiger partial charge in [-0.25, -0.2) is 0 Å². The van der Waals surface area contributed by atoms with Crippen LogP contribution in [0.3, 0.4) is 0 Å². The molecule has 0 bridgehead atoms. The van der Waals surface area contributed by atoms with Gasteiger partial charge in [0.25, 0.3) is 5.91 Å². The summed E-state index contributed by atoms with van der Waals surface area (Å²) in [5, 5.41) is 3.04. The highest BCUT2D eigenvalue weighted by atomic mass is 16.5. The maximum Gasteiger partial charge on any atom is 0.294 e. The predicted octanol–water partition coefficient (Wildman–Crippen LogP) is 5.89. The number of amides is 1. The second-order valence-corrected chi connectivity index (χ2v) is 9.23. The van der Waals surface area contributed by atoms with E-state index in [1.807, 2.05) is 24.6 Å². The molecule has 0 aromatic rings. The van der Waals surface area contributed by atoms with E-state index in [1.165, 1.54) is 18.4 Å². The van der Waals surface area contributed by atoms with Crippen molar-refractivity contribution in [1.29, 1.82) is 0 Å². The molecule has 1 amide bonds. The predicted molar refractivity (Wildman–Crippen MR) is 144 cm³/mol. The van der Waals surface area contributed by atoms with Crippen LogP contribution in [0, 0.1) is 12.3 Å². The summed E-state index contributed by atoms with van der Waals surface area (Å²) < 4.78 is 5.38. The van der Waals surface area contributed by atoms with E-state index in [4.69, 9.17) is 4.74 Å². The zero-order chi connectivity index (χ0) is 24.9. The lowest BCUT2D eigenvalue weighted by Crippen LogP contribution is -2.41. The van der Waals surface area contributed by atoms with E-state index in [0.29, 0.717) is 23.6 Å². The van der Waals surface area contributed by atoms with Gasteiger partial charge in [0.15, 0.2) is 0 Å². The highest BCUT2D eigenvalue weighted by Crippen LogP contribution is 2.32. The normalized spacial score (nSPS) is 19.4. The van der Waals surface area contributed by atoms with Gasteiger partial charge >= 0.3 is 0 Å². The van der Waals surface area contributed by atoms with E-state index in [-0.39, 0.29) is 5.91 Å². The van der Waals surface area contributed by atoms with Gasteiger partial charge in [0.05, 0.1) is 29.9 Å². The highest BCUT2D eigenvalue weighted by molar-refractivity contribution is 6.00. The van der Waals surface area contributed by atoms with Crippen LogP contribution in [-0.4, -0.2) is 50.2 Å². The van der Waals surface area contributed by atoms with Crippen LogP contribution in [0.25, 0.3) is 0 Å². The van der Waals surface area contributed by atoms with Crippen LogP contribution in [0.2, 0.25) is 0 Å². The quantitative estimate of drug-likeness (QED) is 0.210. The van der Waals surface area contributed by atoms with Crippen LogP contribution >= 0.6 is 0 Å². The van der Waals surface area contributed by atoms with E-state index in [9.17, 15) is 4.79 Å². The Hall–Kier alpha value is -2.56. The Kier molecular flexibility index (Phi) is 11.9. The van der Waals surface area contributed by atoms with Crippen molar-refractivity contribution in [3.63, 3.8) is 0 Å². The molecule has 1 saturated heterocycles. The number of morpholine rings is 1. The Labute approximate surface area is 207 Å². The molecule has 184 valence electrons. The van der Waals surface area contributed by atoms with Crippen molar-refractivity contribution in [3.05, 3.63) is 90.5 Å². The highest BCUT2D eigenvalue weighted by Gasteiger charge is 2.29. The molecule has 4 heteroatoms. The van der Waals surface area contributed by atoms with Gasteiger partial charge in [0, 0.05) is 38.7 Å². The number of carbonyl (C=O) groups is 1. The van der Waals surface area contributed by atoms with Crippen LogP contribution in [0.4, 0.5) is 0 Å². The Morgan fingerprint density at radius 3 is 2.68 bits per heavy atom. The molecular weight excluding hydrogens is 420 g/mol. The maximum atomic E-state index is 12.9. The summed E-state index contributed by atoms with van der Waals surface area (Å²) in [6.07, 6.45) is 15.5. The number of ether oxygens (including phenoxy) is 1. The molecule has 1 heterocycles. The molecule has 0 aromatic heterocycles. The third-order valence-electron chi connectivity index (χ3n) is 6.53. The lowest BCUT2D eigenvalue weighted by molar-refractivity contribution is -0.117. The first kappa shape index (κ1) is 27.7. The van der Waals surface area contributed by atoms with Gasteiger partial charge in [-0.05, 0) is 56.4 Å². The number of hydrogen-bond donors (Lipinski definition) is 1. The summed E-state index contributed by atoms with van der Waals surface area (Å²) in [4.78, 5) is 15.2. The van der Waals surface area contributed by atoms with Crippen LogP contribution in [0.5, 0.6) is 0 Å². The van der Waals surface area contributed by atoms with Gasteiger partial charge in [-0.15, -0.1) is 6.58 Å². The number of nitrogens with zero attached hydrogens (tertiary/aromatic N) is 1. The molecule has 1 aliphatic heterocycles. The van der Waals surface area contributed by atoms with E-state index in [2.05, 4.69) is 56.5 Å². The average Bonchev–Trinajstić information content (AvgIpc) is 2.81. The van der Waals surface area contributed by atoms with Gasteiger partial charge < -0.3 is 10.1 Å². The summed E-state index contributed by atoms with van der Waals surface area (Å²) >= 11 is 0. The van der Waals surface area contributed by atoms with Crippen molar-refractivity contribution in [2.45, 2.75) is 46.0 Å². The first-order valence-corrected chi connectivity index (χ1v) is 12.6. The van der Waals surface area contributed by atoms with Gasteiger partial charge in [-0.3, -0.25) is 9.69 Å². The van der Waals surface area contributed by atoms with E-state index >= 15 is 0 Å². The average molecular weight is 464 g/mol. The van der Waals surface area contributed by atoms with Crippen LogP contribution < -0.4 is 5.32 Å². The molecule has 34 heavy (non-hydrogen) atoms. The van der Waals surface area contributed by atoms with Crippen molar-refractivity contribution < 1.29 is 9.53 Å². The molecular formula is C30H43N2O2+. The Morgan fingerprint density at radius 2 is 2.03 bits per heavy atom. The van der Waals surface area contributed by atoms with Gasteiger partial charge in [0.1, 0.15) is 5.57 Å². The van der Waals surface area contributed by atoms with Crippen molar-refractivity contribution in [2.75, 3.05) is 39.4 Å². The second kappa shape index (κ2) is 14.6. The van der Waals surface area contributed by atoms with Gasteiger partial charge in [-0.1, -0.05) is 44.6 Å². The molecule has 0 radical (unpaired) electrons. The molecule has 0 saturated carbocycles. The largest absolute Gasteiger partial charge is 0.379 e. The molecule has 1 N–H and O–H groups in total. The summed E-state index contributed by atoms with van der Waals surface area (Å²) in [5.74, 6) is 0.561. The SMILES string of the molecule is C=CCC(CCC)CC/C(=C/C=C1\C(=C)[CH+]C=C(C(=O)NCCN2CCOCC2)C1=C)C(=C)C. The number of hydrogen-bond acceptors (Lipinski definition) is 3. The van der Waals surface area contributed by atoms with E-state index < -0.39 is 0 Å². The lowest BCUT2D eigenvalue weighted by atomic mass is 9.85. The van der Waals surface area contributed by atoms with E-state index in [1.54, 1.807) is 0 Å². The summed E-state index contributed by atoms with van der Waals surface area (Å²) in [7, 11) is 0. The van der Waals surface area contributed by atoms with Crippen LogP contribution in [-0.2, 0) is 9.53 Å². The molecule has 1 aliphatic carbocycles. The third-order valence-corrected chi connectivity index (χ3v) is 6.53. The Bertz CT molecular complexity index is 853. The minimum atomic E-state index is -0.0937. The number of allylic oxidation sites excluding steroid dienone is 8. The molecule has 1 atom stereocenters. The summed E-state index contributed by atoms with van der Waals surface area (Å²) in [6.45, 7) is 25.5. The van der Waals surface area contributed by atoms with Crippen molar-refractivity contribution in [3.8, 4) is 0 Å². The fourth-order valence-electron chi connectivity index (χ4n) is 4.39. The molecule has 2 aliphatic rings. The summed E-state index contributed by atoms with van der Waals surface area (Å²) in [6, 6.07) is 0. The smallest absolute Gasteiger partial charge is 0.294 e. The number of carbonyl (C=O) groups excluding carboxylic acids is 1. The zero-order valence-corrected chi connectivity index (χ0v) is 21.3. The lowest BCUT2D eigenvalue weighted by Gasteiger charge is -2.26. The molecule has 4 nitrogen and oxygen atoms in total. The molecule has 1 fully saturated rings. The monoisotopic (exact) mass is 463 g/mol. The second-order valence-electron chi connectivity index (χ2n) is 9.23. The fraction of sp³-hybridized carbons (Fsp3) is 0.467. The van der Waals surface area contributed by atoms with Gasteiger partial charge in [-0.2, -0.15) is 0 Å². The minimum absolute atomic E-state index is 0.0937. The molecule has 2 rings (SSSR count). The summed E-state index contributed by atoms with van der Waals surface area (Å²) in [5.41, 5.74) is 5.37. The fourth-order valence-corrected chi connectivity index (χ4v) is 4.39. The van der Waals surface area contributed by atoms with Crippen molar-refractivity contribution in [2.24, 2.45) is 5.92 Å². The maximum absolute atomic E-state index is 12.9. The molecule has 1 unspecified atom stereocenters. The molecule has 0 aromatic carbocycles. The van der Waals surface area contributed by atoms with Crippen LogP contribution in [0.15, 0.2) is 84.1 Å². The topological polar surface area (TPSA) is 41.6 Å². The third kappa shape index (κ3) is 8.66. The van der Waals surface area contributed by atoms with Gasteiger partial charge in [0.2, 0.25) is 0 Å².